The van der Waals surface area contributed by atoms with Gasteiger partial charge in [0.2, 0.25) is 10.0 Å². The Morgan fingerprint density at radius 2 is 2.26 bits per heavy atom. The quantitative estimate of drug-likeness (QED) is 0.779. The molecule has 1 heterocycles. The van der Waals surface area contributed by atoms with Crippen LogP contribution in [0, 0.1) is 0 Å². The molecule has 0 aliphatic heterocycles. The van der Waals surface area contributed by atoms with Crippen LogP contribution in [0.15, 0.2) is 17.3 Å². The van der Waals surface area contributed by atoms with Crippen molar-refractivity contribution >= 4 is 10.0 Å². The number of aliphatic hydroxyl groups excluding tert-OH is 1. The highest BCUT2D eigenvalue weighted by atomic mass is 32.2. The van der Waals surface area contributed by atoms with E-state index in [0.29, 0.717) is 13.0 Å². The third-order valence-corrected chi connectivity index (χ3v) is 5.34. The average molecular weight is 287 g/mol. The van der Waals surface area contributed by atoms with E-state index in [-0.39, 0.29) is 17.0 Å². The number of sulfonamides is 1. The van der Waals surface area contributed by atoms with Gasteiger partial charge in [-0.15, -0.1) is 0 Å². The molecule has 0 radical (unpaired) electrons. The normalized spacial score (nSPS) is 18.2. The second kappa shape index (κ2) is 5.60. The van der Waals surface area contributed by atoms with Crippen LogP contribution in [0.2, 0.25) is 0 Å². The van der Waals surface area contributed by atoms with Gasteiger partial charge < -0.3 is 5.11 Å². The molecule has 19 heavy (non-hydrogen) atoms. The van der Waals surface area contributed by atoms with Crippen molar-refractivity contribution in [3.63, 3.8) is 0 Å². The van der Waals surface area contributed by atoms with Gasteiger partial charge in [0.1, 0.15) is 4.90 Å². The molecule has 7 heteroatoms. The summed E-state index contributed by atoms with van der Waals surface area (Å²) in [6.45, 7) is 2.59. The first-order chi connectivity index (χ1) is 9.01. The van der Waals surface area contributed by atoms with Gasteiger partial charge in [-0.25, -0.2) is 13.1 Å². The lowest BCUT2D eigenvalue weighted by atomic mass is 9.76. The van der Waals surface area contributed by atoms with Crippen LogP contribution in [0.25, 0.3) is 0 Å². The van der Waals surface area contributed by atoms with E-state index in [1.54, 1.807) is 4.68 Å². The van der Waals surface area contributed by atoms with Crippen molar-refractivity contribution in [3.8, 4) is 0 Å². The van der Waals surface area contributed by atoms with Crippen molar-refractivity contribution in [1.29, 1.82) is 0 Å². The van der Waals surface area contributed by atoms with Crippen LogP contribution in [0.1, 0.15) is 39.0 Å². The van der Waals surface area contributed by atoms with Crippen molar-refractivity contribution in [3.05, 3.63) is 12.4 Å². The van der Waals surface area contributed by atoms with Gasteiger partial charge in [-0.3, -0.25) is 4.68 Å². The van der Waals surface area contributed by atoms with E-state index < -0.39 is 10.0 Å². The fourth-order valence-corrected chi connectivity index (χ4v) is 3.80. The first-order valence-electron chi connectivity index (χ1n) is 6.69. The number of aryl methyl sites for hydroxylation is 1. The predicted molar refractivity (Wildman–Crippen MR) is 71.1 cm³/mol. The molecule has 1 aromatic rings. The van der Waals surface area contributed by atoms with Crippen LogP contribution >= 0.6 is 0 Å². The highest BCUT2D eigenvalue weighted by Gasteiger charge is 2.39. The fraction of sp³-hybridized carbons (Fsp3) is 0.750. The van der Waals surface area contributed by atoms with Crippen LogP contribution in [-0.4, -0.2) is 35.5 Å². The minimum Gasteiger partial charge on any atom is -0.396 e. The maximum absolute atomic E-state index is 12.3. The van der Waals surface area contributed by atoms with Gasteiger partial charge in [0, 0.05) is 24.9 Å². The third kappa shape index (κ3) is 3.16. The molecular weight excluding hydrogens is 266 g/mol. The number of nitrogens with zero attached hydrogens (tertiary/aromatic N) is 2. The number of hydrogen-bond acceptors (Lipinski definition) is 4. The Labute approximate surface area is 113 Å². The SMILES string of the molecule is CCC1(NS(=O)(=O)c2cnn(CCCO)c2)CCC1. The summed E-state index contributed by atoms with van der Waals surface area (Å²) in [6.07, 6.45) is 7.13. The number of aliphatic hydroxyl groups is 1. The maximum atomic E-state index is 12.3. The number of aromatic nitrogens is 2. The molecule has 1 aliphatic carbocycles. The van der Waals surface area contributed by atoms with E-state index >= 15 is 0 Å². The van der Waals surface area contributed by atoms with E-state index in [0.717, 1.165) is 25.7 Å². The minimum atomic E-state index is -3.49. The van der Waals surface area contributed by atoms with Crippen LogP contribution in [0.3, 0.4) is 0 Å². The molecule has 0 unspecified atom stereocenters. The average Bonchev–Trinajstić information content (AvgIpc) is 2.81. The zero-order chi connectivity index (χ0) is 13.9. The molecule has 1 aromatic heterocycles. The Bertz CT molecular complexity index is 515. The Morgan fingerprint density at radius 1 is 1.53 bits per heavy atom. The van der Waals surface area contributed by atoms with Gasteiger partial charge in [0.05, 0.1) is 6.20 Å². The van der Waals surface area contributed by atoms with Gasteiger partial charge in [-0.2, -0.15) is 5.10 Å². The first-order valence-corrected chi connectivity index (χ1v) is 8.17. The summed E-state index contributed by atoms with van der Waals surface area (Å²) in [5.41, 5.74) is -0.258. The molecule has 2 N–H and O–H groups in total. The largest absolute Gasteiger partial charge is 0.396 e. The number of rotatable bonds is 7. The van der Waals surface area contributed by atoms with Gasteiger partial charge >= 0.3 is 0 Å². The van der Waals surface area contributed by atoms with E-state index in [9.17, 15) is 8.42 Å². The van der Waals surface area contributed by atoms with Gasteiger partial charge in [-0.05, 0) is 32.1 Å². The second-order valence-corrected chi connectivity index (χ2v) is 6.79. The summed E-state index contributed by atoms with van der Waals surface area (Å²) >= 11 is 0. The lowest BCUT2D eigenvalue weighted by Crippen LogP contribution is -2.52. The van der Waals surface area contributed by atoms with Gasteiger partial charge in [0.25, 0.3) is 0 Å². The molecule has 0 amide bonds. The molecule has 2 rings (SSSR count). The summed E-state index contributed by atoms with van der Waals surface area (Å²) in [7, 11) is -3.49. The maximum Gasteiger partial charge on any atom is 0.244 e. The molecular formula is C12H21N3O3S. The van der Waals surface area contributed by atoms with Crippen molar-refractivity contribution in [2.24, 2.45) is 0 Å². The molecule has 0 saturated heterocycles. The standard InChI is InChI=1S/C12H21N3O3S/c1-2-12(5-3-6-12)14-19(17,18)11-9-13-15(10-11)7-4-8-16/h9-10,14,16H,2-8H2,1H3. The summed E-state index contributed by atoms with van der Waals surface area (Å²) in [6, 6.07) is 0. The van der Waals surface area contributed by atoms with Gasteiger partial charge in [-0.1, -0.05) is 6.92 Å². The molecule has 108 valence electrons. The second-order valence-electron chi connectivity index (χ2n) is 5.11. The Balaban J connectivity index is 2.08. The highest BCUT2D eigenvalue weighted by molar-refractivity contribution is 7.89. The first kappa shape index (κ1) is 14.5. The molecule has 6 nitrogen and oxygen atoms in total. The summed E-state index contributed by atoms with van der Waals surface area (Å²) < 4.78 is 28.9. The molecule has 0 bridgehead atoms. The molecule has 1 aliphatic rings. The van der Waals surface area contributed by atoms with Crippen LogP contribution < -0.4 is 4.72 Å². The molecule has 1 fully saturated rings. The highest BCUT2D eigenvalue weighted by Crippen LogP contribution is 2.35. The van der Waals surface area contributed by atoms with E-state index in [1.807, 2.05) is 6.92 Å². The Morgan fingerprint density at radius 3 is 2.79 bits per heavy atom. The predicted octanol–water partition coefficient (Wildman–Crippen LogP) is 0.876. The molecule has 0 spiro atoms. The lowest BCUT2D eigenvalue weighted by molar-refractivity contribution is 0.214. The topological polar surface area (TPSA) is 84.2 Å². The summed E-state index contributed by atoms with van der Waals surface area (Å²) in [5.74, 6) is 0. The van der Waals surface area contributed by atoms with Crippen LogP contribution in [0.5, 0.6) is 0 Å². The van der Waals surface area contributed by atoms with Crippen LogP contribution in [0.4, 0.5) is 0 Å². The summed E-state index contributed by atoms with van der Waals surface area (Å²) in [4.78, 5) is 0.199. The van der Waals surface area contributed by atoms with E-state index in [2.05, 4.69) is 9.82 Å². The number of hydrogen-bond donors (Lipinski definition) is 2. The number of nitrogens with one attached hydrogen (secondary N) is 1. The molecule has 0 aromatic carbocycles. The molecule has 1 saturated carbocycles. The zero-order valence-corrected chi connectivity index (χ0v) is 12.0. The lowest BCUT2D eigenvalue weighted by Gasteiger charge is -2.41. The Kier molecular flexibility index (Phi) is 4.27. The smallest absolute Gasteiger partial charge is 0.244 e. The van der Waals surface area contributed by atoms with E-state index in [4.69, 9.17) is 5.11 Å². The zero-order valence-electron chi connectivity index (χ0n) is 11.2. The van der Waals surface area contributed by atoms with Crippen molar-refractivity contribution in [2.75, 3.05) is 6.61 Å². The monoisotopic (exact) mass is 287 g/mol. The van der Waals surface area contributed by atoms with Crippen molar-refractivity contribution in [1.82, 2.24) is 14.5 Å². The molecule has 0 atom stereocenters. The summed E-state index contributed by atoms with van der Waals surface area (Å²) in [5, 5.41) is 12.8. The Hall–Kier alpha value is -0.920. The van der Waals surface area contributed by atoms with Gasteiger partial charge in [0.15, 0.2) is 0 Å². The van der Waals surface area contributed by atoms with Crippen LogP contribution in [-0.2, 0) is 16.6 Å². The van der Waals surface area contributed by atoms with Crippen molar-refractivity contribution in [2.45, 2.75) is 56.0 Å². The van der Waals surface area contributed by atoms with Crippen molar-refractivity contribution < 1.29 is 13.5 Å². The minimum absolute atomic E-state index is 0.0686. The van der Waals surface area contributed by atoms with E-state index in [1.165, 1.54) is 12.4 Å². The fourth-order valence-electron chi connectivity index (χ4n) is 2.31. The third-order valence-electron chi connectivity index (χ3n) is 3.80.